The number of ether oxygens (including phenoxy) is 1. The summed E-state index contributed by atoms with van der Waals surface area (Å²) in [5.74, 6) is 2.26. The summed E-state index contributed by atoms with van der Waals surface area (Å²) < 4.78 is 7.98. The smallest absolute Gasteiger partial charge is 0.135 e. The molecule has 1 unspecified atom stereocenters. The Balaban J connectivity index is 1.71. The van der Waals surface area contributed by atoms with Gasteiger partial charge in [0.05, 0.1) is 12.7 Å². The highest BCUT2D eigenvalue weighted by Crippen LogP contribution is 2.16. The topological polar surface area (TPSA) is 52.0 Å². The van der Waals surface area contributed by atoms with Gasteiger partial charge >= 0.3 is 0 Å². The number of aryl methyl sites for hydroxylation is 1. The highest BCUT2D eigenvalue weighted by molar-refractivity contribution is 5.00. The Hall–Kier alpha value is -0.940. The molecule has 0 spiro atoms. The maximum Gasteiger partial charge on any atom is 0.135 e. The molecule has 1 atom stereocenters. The van der Waals surface area contributed by atoms with Gasteiger partial charge in [-0.25, -0.2) is 0 Å². The fourth-order valence-electron chi connectivity index (χ4n) is 2.47. The lowest BCUT2D eigenvalue weighted by Gasteiger charge is -2.24. The molecule has 1 saturated heterocycles. The molecule has 1 aromatic heterocycles. The molecule has 88 valence electrons. The lowest BCUT2D eigenvalue weighted by atomic mass is 10.1. The van der Waals surface area contributed by atoms with Gasteiger partial charge in [-0.2, -0.15) is 0 Å². The molecule has 0 aliphatic carbocycles. The molecule has 0 radical (unpaired) electrons. The first-order valence-electron chi connectivity index (χ1n) is 6.17. The van der Waals surface area contributed by atoms with Crippen LogP contribution in [-0.4, -0.2) is 40.6 Å². The SMILES string of the molecule is C1CCn2c(nnc2CC2CNCCO2)C1. The number of rotatable bonds is 2. The molecule has 1 N–H and O–H groups in total. The van der Waals surface area contributed by atoms with Crippen molar-refractivity contribution in [3.8, 4) is 0 Å². The third-order valence-corrected chi connectivity index (χ3v) is 3.35. The zero-order valence-corrected chi connectivity index (χ0v) is 9.48. The zero-order valence-electron chi connectivity index (χ0n) is 9.48. The normalized spacial score (nSPS) is 25.4. The highest BCUT2D eigenvalue weighted by Gasteiger charge is 2.20. The Morgan fingerprint density at radius 1 is 1.38 bits per heavy atom. The molecule has 2 aliphatic rings. The van der Waals surface area contributed by atoms with Crippen molar-refractivity contribution in [3.05, 3.63) is 11.6 Å². The van der Waals surface area contributed by atoms with Crippen LogP contribution in [0.4, 0.5) is 0 Å². The van der Waals surface area contributed by atoms with E-state index in [1.165, 1.54) is 12.8 Å². The molecule has 0 aromatic carbocycles. The number of nitrogens with one attached hydrogen (secondary N) is 1. The van der Waals surface area contributed by atoms with Crippen molar-refractivity contribution >= 4 is 0 Å². The van der Waals surface area contributed by atoms with E-state index in [1.807, 2.05) is 0 Å². The lowest BCUT2D eigenvalue weighted by molar-refractivity contribution is 0.0274. The van der Waals surface area contributed by atoms with Gasteiger partial charge in [-0.1, -0.05) is 0 Å². The number of hydrogen-bond donors (Lipinski definition) is 1. The molecule has 5 nitrogen and oxygen atoms in total. The van der Waals surface area contributed by atoms with Gasteiger partial charge in [0.2, 0.25) is 0 Å². The third kappa shape index (κ3) is 1.97. The minimum absolute atomic E-state index is 0.268. The van der Waals surface area contributed by atoms with Gasteiger partial charge in [0.15, 0.2) is 0 Å². The summed E-state index contributed by atoms with van der Waals surface area (Å²) in [5, 5.41) is 11.9. The number of hydrogen-bond acceptors (Lipinski definition) is 4. The van der Waals surface area contributed by atoms with E-state index in [0.29, 0.717) is 0 Å². The van der Waals surface area contributed by atoms with E-state index in [0.717, 1.165) is 50.7 Å². The molecule has 3 rings (SSSR count). The Bertz CT molecular complexity index is 357. The van der Waals surface area contributed by atoms with E-state index in [1.54, 1.807) is 0 Å². The molecular formula is C11H18N4O. The van der Waals surface area contributed by atoms with Crippen LogP contribution in [0.2, 0.25) is 0 Å². The molecule has 3 heterocycles. The van der Waals surface area contributed by atoms with Crippen LogP contribution in [0, 0.1) is 0 Å². The minimum Gasteiger partial charge on any atom is -0.375 e. The third-order valence-electron chi connectivity index (χ3n) is 3.35. The predicted molar refractivity (Wildman–Crippen MR) is 59.3 cm³/mol. The van der Waals surface area contributed by atoms with Gasteiger partial charge < -0.3 is 14.6 Å². The van der Waals surface area contributed by atoms with E-state index in [2.05, 4.69) is 20.1 Å². The summed E-state index contributed by atoms with van der Waals surface area (Å²) in [6.45, 7) is 3.79. The van der Waals surface area contributed by atoms with Crippen molar-refractivity contribution in [2.45, 2.75) is 38.3 Å². The maximum absolute atomic E-state index is 5.70. The maximum atomic E-state index is 5.70. The zero-order chi connectivity index (χ0) is 10.8. The molecule has 0 bridgehead atoms. The van der Waals surface area contributed by atoms with Crippen LogP contribution in [0.1, 0.15) is 24.5 Å². The van der Waals surface area contributed by atoms with Crippen LogP contribution in [-0.2, 0) is 24.1 Å². The Morgan fingerprint density at radius 3 is 3.25 bits per heavy atom. The van der Waals surface area contributed by atoms with Gasteiger partial charge in [-0.15, -0.1) is 10.2 Å². The Morgan fingerprint density at radius 2 is 2.38 bits per heavy atom. The summed E-state index contributed by atoms with van der Waals surface area (Å²) in [6.07, 6.45) is 4.74. The Kier molecular flexibility index (Phi) is 2.88. The first-order chi connectivity index (χ1) is 7.93. The van der Waals surface area contributed by atoms with Crippen LogP contribution < -0.4 is 5.32 Å². The van der Waals surface area contributed by atoms with E-state index in [-0.39, 0.29) is 6.10 Å². The van der Waals surface area contributed by atoms with E-state index in [4.69, 9.17) is 4.74 Å². The van der Waals surface area contributed by atoms with Gasteiger partial charge in [-0.05, 0) is 12.8 Å². The van der Waals surface area contributed by atoms with Crippen LogP contribution in [0.3, 0.4) is 0 Å². The van der Waals surface area contributed by atoms with Gasteiger partial charge in [-0.3, -0.25) is 0 Å². The van der Waals surface area contributed by atoms with Gasteiger partial charge in [0.1, 0.15) is 11.6 Å². The fraction of sp³-hybridized carbons (Fsp3) is 0.818. The summed E-state index contributed by atoms with van der Waals surface area (Å²) in [7, 11) is 0. The molecule has 1 aromatic rings. The number of morpholine rings is 1. The van der Waals surface area contributed by atoms with Crippen LogP contribution >= 0.6 is 0 Å². The second kappa shape index (κ2) is 4.51. The first-order valence-corrected chi connectivity index (χ1v) is 6.17. The molecular weight excluding hydrogens is 204 g/mol. The van der Waals surface area contributed by atoms with Crippen molar-refractivity contribution in [1.29, 1.82) is 0 Å². The molecule has 2 aliphatic heterocycles. The summed E-state index contributed by atoms with van der Waals surface area (Å²) >= 11 is 0. The average molecular weight is 222 g/mol. The first kappa shape index (κ1) is 10.2. The van der Waals surface area contributed by atoms with Crippen LogP contribution in [0.15, 0.2) is 0 Å². The minimum atomic E-state index is 0.268. The van der Waals surface area contributed by atoms with Crippen LogP contribution in [0.25, 0.3) is 0 Å². The van der Waals surface area contributed by atoms with E-state index < -0.39 is 0 Å². The van der Waals surface area contributed by atoms with Crippen molar-refractivity contribution < 1.29 is 4.74 Å². The summed E-state index contributed by atoms with van der Waals surface area (Å²) in [6, 6.07) is 0. The Labute approximate surface area is 95.2 Å². The number of fused-ring (bicyclic) bond motifs is 1. The predicted octanol–water partition coefficient (Wildman–Crippen LogP) is 0.145. The quantitative estimate of drug-likeness (QED) is 0.773. The molecule has 0 amide bonds. The summed E-state index contributed by atoms with van der Waals surface area (Å²) in [4.78, 5) is 0. The second-order valence-electron chi connectivity index (χ2n) is 4.54. The number of aromatic nitrogens is 3. The monoisotopic (exact) mass is 222 g/mol. The molecule has 16 heavy (non-hydrogen) atoms. The van der Waals surface area contributed by atoms with Gasteiger partial charge in [0.25, 0.3) is 0 Å². The largest absolute Gasteiger partial charge is 0.375 e. The van der Waals surface area contributed by atoms with Crippen molar-refractivity contribution in [2.75, 3.05) is 19.7 Å². The molecule has 0 saturated carbocycles. The van der Waals surface area contributed by atoms with Crippen molar-refractivity contribution in [1.82, 2.24) is 20.1 Å². The highest BCUT2D eigenvalue weighted by atomic mass is 16.5. The second-order valence-corrected chi connectivity index (χ2v) is 4.54. The average Bonchev–Trinajstić information content (AvgIpc) is 2.74. The van der Waals surface area contributed by atoms with Crippen molar-refractivity contribution in [2.24, 2.45) is 0 Å². The molecule has 5 heteroatoms. The van der Waals surface area contributed by atoms with Crippen LogP contribution in [0.5, 0.6) is 0 Å². The van der Waals surface area contributed by atoms with E-state index >= 15 is 0 Å². The molecule has 1 fully saturated rings. The summed E-state index contributed by atoms with van der Waals surface area (Å²) in [5.41, 5.74) is 0. The van der Waals surface area contributed by atoms with E-state index in [9.17, 15) is 0 Å². The van der Waals surface area contributed by atoms with Crippen molar-refractivity contribution in [3.63, 3.8) is 0 Å². The number of nitrogens with zero attached hydrogens (tertiary/aromatic N) is 3. The fourth-order valence-corrected chi connectivity index (χ4v) is 2.47. The standard InChI is InChI=1S/C11H18N4O/c1-2-5-15-10(3-1)13-14-11(15)7-9-8-12-4-6-16-9/h9,12H,1-8H2. The van der Waals surface area contributed by atoms with Gasteiger partial charge in [0, 0.05) is 32.5 Å². The lowest BCUT2D eigenvalue weighted by Crippen LogP contribution is -2.40.